The van der Waals surface area contributed by atoms with Gasteiger partial charge in [0.1, 0.15) is 11.5 Å². The molecule has 0 aliphatic heterocycles. The average Bonchev–Trinajstić information content (AvgIpc) is 2.47. The number of rotatable bonds is 6. The van der Waals surface area contributed by atoms with E-state index in [-0.39, 0.29) is 17.9 Å². The first-order valence-electron chi connectivity index (χ1n) is 6.29. The fraction of sp³-hybridized carbons (Fsp3) is 0.308. The van der Waals surface area contributed by atoms with E-state index in [9.17, 15) is 0 Å². The van der Waals surface area contributed by atoms with Gasteiger partial charge in [-0.2, -0.15) is 15.0 Å². The molecule has 8 heteroatoms. The van der Waals surface area contributed by atoms with Crippen LogP contribution in [0.15, 0.2) is 18.2 Å². The number of nitrogens with two attached hydrogens (primary N) is 1. The van der Waals surface area contributed by atoms with Gasteiger partial charge in [0.25, 0.3) is 0 Å². The van der Waals surface area contributed by atoms with Crippen molar-refractivity contribution in [2.24, 2.45) is 0 Å². The molecule has 0 amide bonds. The predicted molar refractivity (Wildman–Crippen MR) is 78.2 cm³/mol. The van der Waals surface area contributed by atoms with E-state index in [1.807, 2.05) is 6.92 Å². The minimum atomic E-state index is 0.0674. The van der Waals surface area contributed by atoms with Crippen LogP contribution in [-0.2, 0) is 0 Å². The fourth-order valence-electron chi connectivity index (χ4n) is 1.65. The minimum absolute atomic E-state index is 0.0674. The number of ether oxygens (including phenoxy) is 3. The molecule has 0 bridgehead atoms. The zero-order chi connectivity index (χ0) is 15.2. The number of hydrogen-bond acceptors (Lipinski definition) is 8. The number of hydrogen-bond donors (Lipinski definition) is 2. The maximum absolute atomic E-state index is 5.63. The molecule has 2 rings (SSSR count). The Hall–Kier alpha value is -2.77. The van der Waals surface area contributed by atoms with Gasteiger partial charge in [0.05, 0.1) is 26.5 Å². The van der Waals surface area contributed by atoms with E-state index >= 15 is 0 Å². The van der Waals surface area contributed by atoms with Crippen molar-refractivity contribution < 1.29 is 14.2 Å². The van der Waals surface area contributed by atoms with Crippen molar-refractivity contribution in [1.29, 1.82) is 0 Å². The lowest BCUT2D eigenvalue weighted by molar-refractivity contribution is 0.312. The highest BCUT2D eigenvalue weighted by Gasteiger charge is 2.10. The lowest BCUT2D eigenvalue weighted by Gasteiger charge is -2.12. The number of aromatic nitrogens is 3. The van der Waals surface area contributed by atoms with Gasteiger partial charge >= 0.3 is 6.01 Å². The molecule has 2 aromatic rings. The molecular weight excluding hydrogens is 274 g/mol. The third-order valence-corrected chi connectivity index (χ3v) is 2.56. The van der Waals surface area contributed by atoms with E-state index in [4.69, 9.17) is 19.9 Å². The second-order valence-electron chi connectivity index (χ2n) is 3.92. The lowest BCUT2D eigenvalue weighted by Crippen LogP contribution is -2.07. The number of nitrogen functional groups attached to an aromatic ring is 1. The van der Waals surface area contributed by atoms with Crippen molar-refractivity contribution in [2.45, 2.75) is 6.92 Å². The van der Waals surface area contributed by atoms with E-state index in [1.54, 1.807) is 32.4 Å². The Bertz CT molecular complexity index is 621. The van der Waals surface area contributed by atoms with Crippen LogP contribution in [-0.4, -0.2) is 35.8 Å². The molecule has 0 aliphatic carbocycles. The number of benzene rings is 1. The zero-order valence-corrected chi connectivity index (χ0v) is 12.1. The van der Waals surface area contributed by atoms with Crippen LogP contribution in [0.5, 0.6) is 17.5 Å². The van der Waals surface area contributed by atoms with Gasteiger partial charge in [0.2, 0.25) is 11.9 Å². The quantitative estimate of drug-likeness (QED) is 0.827. The summed E-state index contributed by atoms with van der Waals surface area (Å²) in [4.78, 5) is 12.0. The van der Waals surface area contributed by atoms with E-state index < -0.39 is 0 Å². The van der Waals surface area contributed by atoms with Gasteiger partial charge in [-0.25, -0.2) is 0 Å². The summed E-state index contributed by atoms with van der Waals surface area (Å²) < 4.78 is 15.7. The smallest absolute Gasteiger partial charge is 0.323 e. The van der Waals surface area contributed by atoms with Crippen molar-refractivity contribution in [3.05, 3.63) is 18.2 Å². The van der Waals surface area contributed by atoms with Crippen molar-refractivity contribution in [3.63, 3.8) is 0 Å². The molecule has 0 saturated carbocycles. The van der Waals surface area contributed by atoms with Gasteiger partial charge in [-0.05, 0) is 19.1 Å². The van der Waals surface area contributed by atoms with Crippen LogP contribution in [0.4, 0.5) is 17.6 Å². The van der Waals surface area contributed by atoms with Crippen LogP contribution in [0.25, 0.3) is 0 Å². The first kappa shape index (κ1) is 14.6. The fourth-order valence-corrected chi connectivity index (χ4v) is 1.65. The molecule has 21 heavy (non-hydrogen) atoms. The third-order valence-electron chi connectivity index (χ3n) is 2.56. The Morgan fingerprint density at radius 2 is 1.95 bits per heavy atom. The lowest BCUT2D eigenvalue weighted by atomic mass is 10.2. The molecule has 1 aromatic heterocycles. The summed E-state index contributed by atoms with van der Waals surface area (Å²) in [5, 5.41) is 3.01. The maximum Gasteiger partial charge on any atom is 0.323 e. The Balaban J connectivity index is 2.32. The standard InChI is InChI=1S/C13H17N5O3/c1-4-21-13-17-11(14)16-12(18-13)15-9-7-8(19-2)5-6-10(9)20-3/h5-7H,4H2,1-3H3,(H3,14,15,16,17,18). The molecular formula is C13H17N5O3. The summed E-state index contributed by atoms with van der Waals surface area (Å²) in [6, 6.07) is 5.49. The molecule has 3 N–H and O–H groups in total. The Kier molecular flexibility index (Phi) is 4.60. The van der Waals surface area contributed by atoms with Crippen molar-refractivity contribution in [1.82, 2.24) is 15.0 Å². The molecule has 0 radical (unpaired) electrons. The largest absolute Gasteiger partial charge is 0.497 e. The van der Waals surface area contributed by atoms with Crippen LogP contribution >= 0.6 is 0 Å². The average molecular weight is 291 g/mol. The Morgan fingerprint density at radius 3 is 2.62 bits per heavy atom. The molecule has 0 atom stereocenters. The van der Waals surface area contributed by atoms with E-state index in [0.717, 1.165) is 0 Å². The number of anilines is 3. The van der Waals surface area contributed by atoms with Crippen LogP contribution in [0.1, 0.15) is 6.92 Å². The molecule has 0 saturated heterocycles. The van der Waals surface area contributed by atoms with Gasteiger partial charge in [0.15, 0.2) is 0 Å². The molecule has 0 aliphatic rings. The highest BCUT2D eigenvalue weighted by molar-refractivity contribution is 5.65. The predicted octanol–water partition coefficient (Wildman–Crippen LogP) is 1.61. The van der Waals surface area contributed by atoms with Gasteiger partial charge in [0, 0.05) is 6.07 Å². The number of nitrogens with one attached hydrogen (secondary N) is 1. The number of methoxy groups -OCH3 is 2. The monoisotopic (exact) mass is 291 g/mol. The highest BCUT2D eigenvalue weighted by atomic mass is 16.5. The zero-order valence-electron chi connectivity index (χ0n) is 12.1. The summed E-state index contributed by atoms with van der Waals surface area (Å²) in [6.07, 6.45) is 0. The molecule has 1 aromatic carbocycles. The second-order valence-corrected chi connectivity index (χ2v) is 3.92. The highest BCUT2D eigenvalue weighted by Crippen LogP contribution is 2.30. The summed E-state index contributed by atoms with van der Waals surface area (Å²) in [6.45, 7) is 2.27. The topological polar surface area (TPSA) is 104 Å². The van der Waals surface area contributed by atoms with Crippen molar-refractivity contribution in [2.75, 3.05) is 31.9 Å². The van der Waals surface area contributed by atoms with Crippen molar-refractivity contribution >= 4 is 17.6 Å². The minimum Gasteiger partial charge on any atom is -0.497 e. The molecule has 0 unspecified atom stereocenters. The van der Waals surface area contributed by atoms with Crippen LogP contribution in [0, 0.1) is 0 Å². The summed E-state index contributed by atoms with van der Waals surface area (Å²) in [5.74, 6) is 1.62. The Labute approximate surface area is 122 Å². The van der Waals surface area contributed by atoms with Gasteiger partial charge in [-0.1, -0.05) is 0 Å². The van der Waals surface area contributed by atoms with Crippen LogP contribution in [0.3, 0.4) is 0 Å². The Morgan fingerprint density at radius 1 is 1.14 bits per heavy atom. The van der Waals surface area contributed by atoms with Gasteiger partial charge in [-0.3, -0.25) is 0 Å². The maximum atomic E-state index is 5.63. The first-order valence-corrected chi connectivity index (χ1v) is 6.29. The van der Waals surface area contributed by atoms with E-state index in [2.05, 4.69) is 20.3 Å². The van der Waals surface area contributed by atoms with Crippen LogP contribution in [0.2, 0.25) is 0 Å². The third kappa shape index (κ3) is 3.62. The van der Waals surface area contributed by atoms with E-state index in [0.29, 0.717) is 23.8 Å². The molecule has 112 valence electrons. The normalized spacial score (nSPS) is 10.0. The summed E-state index contributed by atoms with van der Waals surface area (Å²) in [7, 11) is 3.15. The summed E-state index contributed by atoms with van der Waals surface area (Å²) >= 11 is 0. The SMILES string of the molecule is CCOc1nc(N)nc(Nc2cc(OC)ccc2OC)n1. The van der Waals surface area contributed by atoms with Gasteiger partial charge < -0.3 is 25.3 Å². The van der Waals surface area contributed by atoms with Gasteiger partial charge in [-0.15, -0.1) is 0 Å². The van der Waals surface area contributed by atoms with Crippen LogP contribution < -0.4 is 25.3 Å². The number of nitrogens with zero attached hydrogens (tertiary/aromatic N) is 3. The molecule has 1 heterocycles. The second kappa shape index (κ2) is 6.60. The molecule has 8 nitrogen and oxygen atoms in total. The first-order chi connectivity index (χ1) is 10.2. The summed E-state index contributed by atoms with van der Waals surface area (Å²) in [5.41, 5.74) is 6.28. The molecule has 0 fully saturated rings. The van der Waals surface area contributed by atoms with E-state index in [1.165, 1.54) is 0 Å². The van der Waals surface area contributed by atoms with Crippen molar-refractivity contribution in [3.8, 4) is 17.5 Å². The molecule has 0 spiro atoms.